The Balaban J connectivity index is 2.00. The van der Waals surface area contributed by atoms with Crippen LogP contribution in [0.4, 0.5) is 5.82 Å². The highest BCUT2D eigenvalue weighted by Gasteiger charge is 2.27. The van der Waals surface area contributed by atoms with Crippen LogP contribution < -0.4 is 10.6 Å². The van der Waals surface area contributed by atoms with Gasteiger partial charge in [0.05, 0.1) is 6.04 Å². The average Bonchev–Trinajstić information content (AvgIpc) is 2.42. The van der Waals surface area contributed by atoms with Crippen LogP contribution in [0, 0.1) is 0 Å². The van der Waals surface area contributed by atoms with Crippen molar-refractivity contribution < 1.29 is 4.79 Å². The number of nitrogens with one attached hydrogen (secondary N) is 2. The highest BCUT2D eigenvalue weighted by atomic mass is 16.2. The van der Waals surface area contributed by atoms with Gasteiger partial charge in [-0.2, -0.15) is 0 Å². The van der Waals surface area contributed by atoms with Gasteiger partial charge in [0, 0.05) is 32.4 Å². The molecule has 1 saturated heterocycles. The molecule has 1 aliphatic heterocycles. The number of pyridine rings is 1. The lowest BCUT2D eigenvalue weighted by Crippen LogP contribution is -2.54. The molecule has 104 valence electrons. The van der Waals surface area contributed by atoms with E-state index >= 15 is 0 Å². The second-order valence-electron chi connectivity index (χ2n) is 4.77. The minimum Gasteiger partial charge on any atom is -0.370 e. The molecule has 1 amide bonds. The SMILES string of the molecule is CCNc1ccc(CN2CCNC(=O)C2CC)cn1. The molecule has 0 bridgehead atoms. The summed E-state index contributed by atoms with van der Waals surface area (Å²) in [6.07, 6.45) is 2.73. The third kappa shape index (κ3) is 3.44. The van der Waals surface area contributed by atoms with Crippen molar-refractivity contribution in [2.75, 3.05) is 25.0 Å². The maximum atomic E-state index is 11.8. The molecule has 1 aromatic rings. The van der Waals surface area contributed by atoms with Gasteiger partial charge < -0.3 is 10.6 Å². The number of rotatable bonds is 5. The maximum absolute atomic E-state index is 11.8. The Morgan fingerprint density at radius 3 is 2.95 bits per heavy atom. The molecule has 1 fully saturated rings. The quantitative estimate of drug-likeness (QED) is 0.838. The fraction of sp³-hybridized carbons (Fsp3) is 0.571. The monoisotopic (exact) mass is 262 g/mol. The molecule has 0 saturated carbocycles. The van der Waals surface area contributed by atoms with E-state index in [1.54, 1.807) is 0 Å². The second kappa shape index (κ2) is 6.52. The molecule has 0 aromatic carbocycles. The van der Waals surface area contributed by atoms with Gasteiger partial charge in [0.1, 0.15) is 5.82 Å². The molecule has 2 N–H and O–H groups in total. The molecule has 0 spiro atoms. The molecule has 2 heterocycles. The summed E-state index contributed by atoms with van der Waals surface area (Å²) < 4.78 is 0. The highest BCUT2D eigenvalue weighted by Crippen LogP contribution is 2.14. The van der Waals surface area contributed by atoms with Crippen molar-refractivity contribution in [3.05, 3.63) is 23.9 Å². The van der Waals surface area contributed by atoms with Crippen LogP contribution >= 0.6 is 0 Å². The van der Waals surface area contributed by atoms with Crippen LogP contribution in [0.2, 0.25) is 0 Å². The zero-order valence-electron chi connectivity index (χ0n) is 11.6. The maximum Gasteiger partial charge on any atom is 0.237 e. The molecule has 2 rings (SSSR count). The van der Waals surface area contributed by atoms with Gasteiger partial charge >= 0.3 is 0 Å². The number of hydrogen-bond donors (Lipinski definition) is 2. The lowest BCUT2D eigenvalue weighted by atomic mass is 10.1. The van der Waals surface area contributed by atoms with Gasteiger partial charge in [0.25, 0.3) is 0 Å². The largest absolute Gasteiger partial charge is 0.370 e. The highest BCUT2D eigenvalue weighted by molar-refractivity contribution is 5.82. The van der Waals surface area contributed by atoms with Crippen molar-refractivity contribution in [1.82, 2.24) is 15.2 Å². The first-order chi connectivity index (χ1) is 9.24. The fourth-order valence-electron chi connectivity index (χ4n) is 2.43. The Bertz CT molecular complexity index is 418. The Morgan fingerprint density at radius 1 is 1.47 bits per heavy atom. The van der Waals surface area contributed by atoms with Crippen LogP contribution in [0.5, 0.6) is 0 Å². The molecule has 1 atom stereocenters. The predicted molar refractivity (Wildman–Crippen MR) is 75.9 cm³/mol. The minimum atomic E-state index is -0.0119. The summed E-state index contributed by atoms with van der Waals surface area (Å²) in [4.78, 5) is 18.4. The first kappa shape index (κ1) is 13.8. The molecule has 19 heavy (non-hydrogen) atoms. The standard InChI is InChI=1S/C14H22N4O/c1-3-12-14(19)16-7-8-18(12)10-11-5-6-13(15-4-2)17-9-11/h5-6,9,12H,3-4,7-8,10H2,1-2H3,(H,15,17)(H,16,19). The number of piperazine rings is 1. The van der Waals surface area contributed by atoms with Crippen molar-refractivity contribution in [1.29, 1.82) is 0 Å². The van der Waals surface area contributed by atoms with Crippen molar-refractivity contribution in [2.45, 2.75) is 32.9 Å². The summed E-state index contributed by atoms with van der Waals surface area (Å²) in [5, 5.41) is 6.09. The molecule has 0 aliphatic carbocycles. The van der Waals surface area contributed by atoms with Gasteiger partial charge in [-0.05, 0) is 25.0 Å². The van der Waals surface area contributed by atoms with Crippen LogP contribution in [0.3, 0.4) is 0 Å². The molecule has 5 heteroatoms. The van der Waals surface area contributed by atoms with E-state index in [-0.39, 0.29) is 11.9 Å². The van der Waals surface area contributed by atoms with Crippen molar-refractivity contribution in [2.24, 2.45) is 0 Å². The van der Waals surface area contributed by atoms with Crippen LogP contribution in [0.25, 0.3) is 0 Å². The lowest BCUT2D eigenvalue weighted by Gasteiger charge is -2.34. The third-order valence-corrected chi connectivity index (χ3v) is 3.40. The Morgan fingerprint density at radius 2 is 2.32 bits per heavy atom. The second-order valence-corrected chi connectivity index (χ2v) is 4.77. The smallest absolute Gasteiger partial charge is 0.237 e. The van der Waals surface area contributed by atoms with Gasteiger partial charge in [-0.15, -0.1) is 0 Å². The molecule has 1 unspecified atom stereocenters. The number of nitrogens with zero attached hydrogens (tertiary/aromatic N) is 2. The number of anilines is 1. The van der Waals surface area contributed by atoms with E-state index < -0.39 is 0 Å². The van der Waals surface area contributed by atoms with Crippen molar-refractivity contribution in [3.63, 3.8) is 0 Å². The number of carbonyl (C=O) groups is 1. The van der Waals surface area contributed by atoms with Gasteiger partial charge in [0.15, 0.2) is 0 Å². The summed E-state index contributed by atoms with van der Waals surface area (Å²) in [6, 6.07) is 4.05. The predicted octanol–water partition coefficient (Wildman–Crippen LogP) is 1.22. The summed E-state index contributed by atoms with van der Waals surface area (Å²) in [6.45, 7) is 7.39. The van der Waals surface area contributed by atoms with Gasteiger partial charge in [0.2, 0.25) is 5.91 Å². The number of amides is 1. The van der Waals surface area contributed by atoms with E-state index in [1.807, 2.05) is 19.2 Å². The van der Waals surface area contributed by atoms with Gasteiger partial charge in [-0.3, -0.25) is 9.69 Å². The zero-order valence-corrected chi connectivity index (χ0v) is 11.6. The Hall–Kier alpha value is -1.62. The van der Waals surface area contributed by atoms with E-state index in [2.05, 4.69) is 33.5 Å². The molecular formula is C14H22N4O. The zero-order chi connectivity index (χ0) is 13.7. The molecule has 1 aliphatic rings. The summed E-state index contributed by atoms with van der Waals surface area (Å²) in [7, 11) is 0. The topological polar surface area (TPSA) is 57.3 Å². The number of hydrogen-bond acceptors (Lipinski definition) is 4. The third-order valence-electron chi connectivity index (χ3n) is 3.40. The number of carbonyl (C=O) groups excluding carboxylic acids is 1. The van der Waals surface area contributed by atoms with Crippen molar-refractivity contribution >= 4 is 11.7 Å². The van der Waals surface area contributed by atoms with E-state index in [1.165, 1.54) is 0 Å². The molecule has 5 nitrogen and oxygen atoms in total. The van der Waals surface area contributed by atoms with E-state index in [9.17, 15) is 4.79 Å². The lowest BCUT2D eigenvalue weighted by molar-refractivity contribution is -0.129. The average molecular weight is 262 g/mol. The first-order valence-electron chi connectivity index (χ1n) is 6.95. The number of aromatic nitrogens is 1. The van der Waals surface area contributed by atoms with Gasteiger partial charge in [-0.1, -0.05) is 13.0 Å². The van der Waals surface area contributed by atoms with Crippen LogP contribution in [-0.4, -0.2) is 41.5 Å². The van der Waals surface area contributed by atoms with E-state index in [0.717, 1.165) is 44.0 Å². The van der Waals surface area contributed by atoms with E-state index in [4.69, 9.17) is 0 Å². The summed E-state index contributed by atoms with van der Waals surface area (Å²) >= 11 is 0. The summed E-state index contributed by atoms with van der Waals surface area (Å²) in [5.74, 6) is 1.04. The Labute approximate surface area is 114 Å². The molecular weight excluding hydrogens is 240 g/mol. The Kier molecular flexibility index (Phi) is 4.74. The summed E-state index contributed by atoms with van der Waals surface area (Å²) in [5.41, 5.74) is 1.15. The van der Waals surface area contributed by atoms with Crippen LogP contribution in [0.15, 0.2) is 18.3 Å². The fourth-order valence-corrected chi connectivity index (χ4v) is 2.43. The first-order valence-corrected chi connectivity index (χ1v) is 6.95. The normalized spacial score (nSPS) is 20.1. The molecule has 0 radical (unpaired) electrons. The van der Waals surface area contributed by atoms with Gasteiger partial charge in [-0.25, -0.2) is 4.98 Å². The van der Waals surface area contributed by atoms with E-state index in [0.29, 0.717) is 0 Å². The minimum absolute atomic E-state index is 0.0119. The van der Waals surface area contributed by atoms with Crippen molar-refractivity contribution in [3.8, 4) is 0 Å². The molecule has 1 aromatic heterocycles. The van der Waals surface area contributed by atoms with Crippen LogP contribution in [-0.2, 0) is 11.3 Å². The van der Waals surface area contributed by atoms with Crippen LogP contribution in [0.1, 0.15) is 25.8 Å².